The van der Waals surface area contributed by atoms with E-state index in [1.807, 2.05) is 51.1 Å². The second-order valence-electron chi connectivity index (χ2n) is 4.90. The first-order valence-electron chi connectivity index (χ1n) is 6.61. The number of guanidine groups is 1. The van der Waals surface area contributed by atoms with Crippen LogP contribution in [0.25, 0.3) is 0 Å². The van der Waals surface area contributed by atoms with Crippen LogP contribution < -0.4 is 11.1 Å². The highest BCUT2D eigenvalue weighted by Gasteiger charge is 1.99. The van der Waals surface area contributed by atoms with Crippen LogP contribution in [-0.2, 0) is 6.54 Å². The summed E-state index contributed by atoms with van der Waals surface area (Å²) in [5.74, 6) is 0.399. The summed E-state index contributed by atoms with van der Waals surface area (Å²) in [7, 11) is 0. The Bertz CT molecular complexity index is 632. The van der Waals surface area contributed by atoms with Gasteiger partial charge in [-0.2, -0.15) is 0 Å². The summed E-state index contributed by atoms with van der Waals surface area (Å²) in [5, 5.41) is 3.08. The van der Waals surface area contributed by atoms with Gasteiger partial charge in [-0.1, -0.05) is 18.2 Å². The second-order valence-corrected chi connectivity index (χ2v) is 4.90. The Morgan fingerprint density at radius 3 is 2.70 bits per heavy atom. The number of aliphatic imine (C=N–C) groups is 1. The summed E-state index contributed by atoms with van der Waals surface area (Å²) in [6.45, 7) is 6.56. The molecule has 0 aliphatic rings. The molecule has 0 unspecified atom stereocenters. The Kier molecular flexibility index (Phi) is 4.35. The van der Waals surface area contributed by atoms with Crippen LogP contribution in [0.2, 0.25) is 0 Å². The van der Waals surface area contributed by atoms with Crippen LogP contribution in [0.3, 0.4) is 0 Å². The van der Waals surface area contributed by atoms with E-state index in [0.29, 0.717) is 12.5 Å². The molecule has 2 aromatic rings. The molecule has 0 saturated heterocycles. The van der Waals surface area contributed by atoms with Crippen molar-refractivity contribution in [3.05, 3.63) is 58.9 Å². The van der Waals surface area contributed by atoms with E-state index >= 15 is 0 Å². The summed E-state index contributed by atoms with van der Waals surface area (Å²) in [4.78, 5) is 8.79. The summed E-state index contributed by atoms with van der Waals surface area (Å²) < 4.78 is 0. The molecule has 0 saturated carbocycles. The van der Waals surface area contributed by atoms with Gasteiger partial charge < -0.3 is 11.1 Å². The topological polar surface area (TPSA) is 63.3 Å². The van der Waals surface area contributed by atoms with Gasteiger partial charge in [-0.25, -0.2) is 4.99 Å². The molecule has 1 heterocycles. The Labute approximate surface area is 119 Å². The number of nitrogens with one attached hydrogen (secondary N) is 1. The number of aromatic nitrogens is 1. The predicted octanol–water partition coefficient (Wildman–Crippen LogP) is 2.93. The average molecular weight is 268 g/mol. The first-order chi connectivity index (χ1) is 9.54. The van der Waals surface area contributed by atoms with Crippen LogP contribution in [0.15, 0.2) is 41.4 Å². The first kappa shape index (κ1) is 14.1. The fourth-order valence-corrected chi connectivity index (χ4v) is 1.85. The van der Waals surface area contributed by atoms with Crippen LogP contribution in [-0.4, -0.2) is 10.9 Å². The first-order valence-corrected chi connectivity index (χ1v) is 6.61. The van der Waals surface area contributed by atoms with Crippen molar-refractivity contribution in [2.75, 3.05) is 5.32 Å². The van der Waals surface area contributed by atoms with Crippen molar-refractivity contribution in [2.24, 2.45) is 10.7 Å². The largest absolute Gasteiger partial charge is 0.370 e. The lowest BCUT2D eigenvalue weighted by atomic mass is 10.2. The molecule has 104 valence electrons. The normalized spacial score (nSPS) is 11.4. The van der Waals surface area contributed by atoms with Crippen molar-refractivity contribution < 1.29 is 0 Å². The third-order valence-corrected chi connectivity index (χ3v) is 3.11. The molecule has 0 spiro atoms. The minimum Gasteiger partial charge on any atom is -0.370 e. The number of nitrogens with two attached hydrogens (primary N) is 1. The molecule has 0 atom stereocenters. The smallest absolute Gasteiger partial charge is 0.193 e. The average Bonchev–Trinajstić information content (AvgIpc) is 2.40. The van der Waals surface area contributed by atoms with E-state index < -0.39 is 0 Å². The van der Waals surface area contributed by atoms with E-state index in [1.54, 1.807) is 0 Å². The second kappa shape index (κ2) is 6.19. The van der Waals surface area contributed by atoms with Crippen LogP contribution >= 0.6 is 0 Å². The summed E-state index contributed by atoms with van der Waals surface area (Å²) in [6, 6.07) is 12.0. The van der Waals surface area contributed by atoms with Crippen LogP contribution in [0.5, 0.6) is 0 Å². The van der Waals surface area contributed by atoms with Crippen LogP contribution in [0.4, 0.5) is 5.69 Å². The van der Waals surface area contributed by atoms with Crippen LogP contribution in [0, 0.1) is 20.8 Å². The lowest BCUT2D eigenvalue weighted by Crippen LogP contribution is -2.22. The SMILES string of the molecule is Cc1cccc(NC(N)=NCc2ccc(C)c(C)n2)c1. The van der Waals surface area contributed by atoms with E-state index in [4.69, 9.17) is 5.73 Å². The standard InChI is InChI=1S/C16H20N4/c1-11-5-4-6-14(9-11)20-16(17)18-10-15-8-7-12(2)13(3)19-15/h4-9H,10H2,1-3H3,(H3,17,18,20). The monoisotopic (exact) mass is 268 g/mol. The molecule has 1 aromatic heterocycles. The van der Waals surface area contributed by atoms with Gasteiger partial charge in [0.15, 0.2) is 5.96 Å². The van der Waals surface area contributed by atoms with Crippen LogP contribution in [0.1, 0.15) is 22.5 Å². The quantitative estimate of drug-likeness (QED) is 0.664. The molecule has 4 heteroatoms. The maximum atomic E-state index is 5.88. The fraction of sp³-hybridized carbons (Fsp3) is 0.250. The maximum Gasteiger partial charge on any atom is 0.193 e. The summed E-state index contributed by atoms with van der Waals surface area (Å²) in [6.07, 6.45) is 0. The Morgan fingerprint density at radius 1 is 1.20 bits per heavy atom. The Hall–Kier alpha value is -2.36. The molecule has 0 amide bonds. The highest BCUT2D eigenvalue weighted by Crippen LogP contribution is 2.09. The van der Waals surface area contributed by atoms with Gasteiger partial charge in [0.25, 0.3) is 0 Å². The number of benzene rings is 1. The van der Waals surface area contributed by atoms with Crippen molar-refractivity contribution >= 4 is 11.6 Å². The van der Waals surface area contributed by atoms with Gasteiger partial charge in [-0.15, -0.1) is 0 Å². The molecule has 4 nitrogen and oxygen atoms in total. The van der Waals surface area contributed by atoms with E-state index in [-0.39, 0.29) is 0 Å². The molecule has 0 bridgehead atoms. The molecular formula is C16H20N4. The summed E-state index contributed by atoms with van der Waals surface area (Å²) >= 11 is 0. The minimum atomic E-state index is 0.399. The number of aryl methyl sites for hydroxylation is 3. The van der Waals surface area contributed by atoms with Gasteiger partial charge in [-0.3, -0.25) is 4.98 Å². The minimum absolute atomic E-state index is 0.399. The zero-order valence-corrected chi connectivity index (χ0v) is 12.1. The molecule has 0 radical (unpaired) electrons. The summed E-state index contributed by atoms with van der Waals surface area (Å²) in [5.41, 5.74) is 11.1. The maximum absolute atomic E-state index is 5.88. The van der Waals surface area contributed by atoms with E-state index in [9.17, 15) is 0 Å². The third kappa shape index (κ3) is 3.82. The fourth-order valence-electron chi connectivity index (χ4n) is 1.85. The Morgan fingerprint density at radius 2 is 2.00 bits per heavy atom. The zero-order chi connectivity index (χ0) is 14.5. The van der Waals surface area contributed by atoms with Gasteiger partial charge in [0.2, 0.25) is 0 Å². The predicted molar refractivity (Wildman–Crippen MR) is 83.8 cm³/mol. The van der Waals surface area contributed by atoms with Gasteiger partial charge in [0, 0.05) is 11.4 Å². The molecule has 3 N–H and O–H groups in total. The highest BCUT2D eigenvalue weighted by molar-refractivity contribution is 5.92. The van der Waals surface area contributed by atoms with Crippen molar-refractivity contribution in [1.29, 1.82) is 0 Å². The van der Waals surface area contributed by atoms with Crippen molar-refractivity contribution in [3.8, 4) is 0 Å². The number of anilines is 1. The Balaban J connectivity index is 2.02. The number of nitrogens with zero attached hydrogens (tertiary/aromatic N) is 2. The van der Waals surface area contributed by atoms with Crippen molar-refractivity contribution in [1.82, 2.24) is 4.98 Å². The third-order valence-electron chi connectivity index (χ3n) is 3.11. The molecular weight excluding hydrogens is 248 g/mol. The lowest BCUT2D eigenvalue weighted by molar-refractivity contribution is 0.956. The lowest BCUT2D eigenvalue weighted by Gasteiger charge is -2.07. The molecule has 2 rings (SSSR count). The molecule has 0 fully saturated rings. The van der Waals surface area contributed by atoms with E-state index in [2.05, 4.69) is 21.4 Å². The van der Waals surface area contributed by atoms with Gasteiger partial charge in [-0.05, 0) is 50.1 Å². The molecule has 0 aliphatic heterocycles. The van der Waals surface area contributed by atoms with Gasteiger partial charge >= 0.3 is 0 Å². The van der Waals surface area contributed by atoms with Gasteiger partial charge in [0.05, 0.1) is 12.2 Å². The van der Waals surface area contributed by atoms with Crippen molar-refractivity contribution in [3.63, 3.8) is 0 Å². The van der Waals surface area contributed by atoms with Crippen molar-refractivity contribution in [2.45, 2.75) is 27.3 Å². The van der Waals surface area contributed by atoms with E-state index in [0.717, 1.165) is 17.1 Å². The number of rotatable bonds is 3. The molecule has 1 aromatic carbocycles. The zero-order valence-electron chi connectivity index (χ0n) is 12.1. The molecule has 20 heavy (non-hydrogen) atoms. The van der Waals surface area contributed by atoms with Gasteiger partial charge in [0.1, 0.15) is 0 Å². The highest BCUT2D eigenvalue weighted by atomic mass is 15.1. The number of hydrogen-bond donors (Lipinski definition) is 2. The number of hydrogen-bond acceptors (Lipinski definition) is 2. The van der Waals surface area contributed by atoms with E-state index in [1.165, 1.54) is 11.1 Å². The molecule has 0 aliphatic carbocycles. The number of pyridine rings is 1.